The Bertz CT molecular complexity index is 553. The van der Waals surface area contributed by atoms with Crippen molar-refractivity contribution in [2.24, 2.45) is 0 Å². The maximum atomic E-state index is 12.1. The van der Waals surface area contributed by atoms with Crippen LogP contribution in [-0.2, 0) is 4.79 Å². The largest absolute Gasteiger partial charge is 0.481 e. The number of carbonyl (C=O) groups is 1. The molecule has 5 heteroatoms. The second kappa shape index (κ2) is 7.48. The van der Waals surface area contributed by atoms with Crippen LogP contribution >= 0.6 is 0 Å². The summed E-state index contributed by atoms with van der Waals surface area (Å²) in [7, 11) is -3.46. The van der Waals surface area contributed by atoms with Crippen LogP contribution in [0.2, 0.25) is 39.3 Å². The normalized spacial score (nSPS) is 15.0. The van der Waals surface area contributed by atoms with Crippen LogP contribution in [0.1, 0.15) is 17.9 Å². The fourth-order valence-electron chi connectivity index (χ4n) is 3.67. The van der Waals surface area contributed by atoms with E-state index < -0.39 is 28.4 Å². The highest BCUT2D eigenvalue weighted by molar-refractivity contribution is 6.89. The zero-order valence-corrected chi connectivity index (χ0v) is 17.1. The average molecular weight is 348 g/mol. The molecule has 0 aliphatic heterocycles. The molecule has 1 aromatic rings. The molecule has 0 aliphatic carbocycles. The molecule has 0 saturated carbocycles. The molecular weight excluding hydrogens is 318 g/mol. The van der Waals surface area contributed by atoms with Crippen LogP contribution in [0.3, 0.4) is 0 Å². The lowest BCUT2D eigenvalue weighted by atomic mass is 9.90. The van der Waals surface area contributed by atoms with Gasteiger partial charge in [0.25, 0.3) is 0 Å². The van der Waals surface area contributed by atoms with E-state index in [1.54, 1.807) is 0 Å². The average Bonchev–Trinajstić information content (AvgIpc) is 2.36. The lowest BCUT2D eigenvalue weighted by Gasteiger charge is -2.50. The molecule has 0 aliphatic rings. The molecule has 1 aromatic carbocycles. The summed E-state index contributed by atoms with van der Waals surface area (Å²) in [5.74, 6) is 1.35. The van der Waals surface area contributed by atoms with Gasteiger partial charge in [0, 0.05) is 12.5 Å². The van der Waals surface area contributed by atoms with Gasteiger partial charge in [-0.2, -0.15) is 0 Å². The number of nitrogens with zero attached hydrogens (tertiary/aromatic N) is 1. The standard InChI is InChI=1S/C18H29NO2Si2/c1-8-12-16(19(22(2,3)4)23(5,6)7)17(18(20)21)15-13-10-9-11-14-15/h1,9-11,13-14,16-17H,12H2,2-7H3,(H,20,21). The van der Waals surface area contributed by atoms with Crippen LogP contribution in [0.4, 0.5) is 0 Å². The van der Waals surface area contributed by atoms with E-state index in [9.17, 15) is 9.90 Å². The summed E-state index contributed by atoms with van der Waals surface area (Å²) < 4.78 is 2.52. The van der Waals surface area contributed by atoms with Crippen LogP contribution in [0.5, 0.6) is 0 Å². The van der Waals surface area contributed by atoms with Crippen molar-refractivity contribution in [1.82, 2.24) is 4.23 Å². The van der Waals surface area contributed by atoms with Crippen LogP contribution in [-0.4, -0.2) is 37.8 Å². The van der Waals surface area contributed by atoms with E-state index in [0.717, 1.165) is 5.56 Å². The number of benzene rings is 1. The summed E-state index contributed by atoms with van der Waals surface area (Å²) in [5.41, 5.74) is 0.835. The van der Waals surface area contributed by atoms with E-state index in [2.05, 4.69) is 49.4 Å². The van der Waals surface area contributed by atoms with Crippen molar-refractivity contribution in [2.45, 2.75) is 57.7 Å². The summed E-state index contributed by atoms with van der Waals surface area (Å²) in [4.78, 5) is 12.1. The molecule has 0 bridgehead atoms. The molecule has 0 amide bonds. The lowest BCUT2D eigenvalue weighted by Crippen LogP contribution is -2.65. The first-order chi connectivity index (χ1) is 10.5. The molecule has 1 rings (SSSR count). The predicted octanol–water partition coefficient (Wildman–Crippen LogP) is 4.22. The topological polar surface area (TPSA) is 40.5 Å². The van der Waals surface area contributed by atoms with E-state index in [-0.39, 0.29) is 6.04 Å². The molecule has 2 atom stereocenters. The number of hydrogen-bond acceptors (Lipinski definition) is 2. The van der Waals surface area contributed by atoms with Crippen molar-refractivity contribution in [3.63, 3.8) is 0 Å². The van der Waals surface area contributed by atoms with Crippen LogP contribution in [0.15, 0.2) is 30.3 Å². The molecule has 0 heterocycles. The minimum Gasteiger partial charge on any atom is -0.481 e. The first kappa shape index (κ1) is 19.7. The Hall–Kier alpha value is -1.36. The lowest BCUT2D eigenvalue weighted by molar-refractivity contribution is -0.139. The van der Waals surface area contributed by atoms with Crippen LogP contribution < -0.4 is 0 Å². The molecule has 1 N–H and O–H groups in total. The Kier molecular flexibility index (Phi) is 6.40. The number of aliphatic carboxylic acids is 1. The fraction of sp³-hybridized carbons (Fsp3) is 0.500. The monoisotopic (exact) mass is 347 g/mol. The Balaban J connectivity index is 3.46. The minimum absolute atomic E-state index is 0.154. The van der Waals surface area contributed by atoms with E-state index in [4.69, 9.17) is 6.42 Å². The van der Waals surface area contributed by atoms with Gasteiger partial charge in [-0.1, -0.05) is 69.6 Å². The zero-order chi connectivity index (χ0) is 17.8. The highest BCUT2D eigenvalue weighted by Crippen LogP contribution is 2.33. The molecule has 126 valence electrons. The summed E-state index contributed by atoms with van der Waals surface area (Å²) in [6.07, 6.45) is 6.09. The van der Waals surface area contributed by atoms with Crippen molar-refractivity contribution in [2.75, 3.05) is 0 Å². The second-order valence-corrected chi connectivity index (χ2v) is 18.0. The SMILES string of the molecule is C#CCC(C(C(=O)O)c1ccccc1)N([Si](C)(C)C)[Si](C)(C)C. The molecule has 23 heavy (non-hydrogen) atoms. The Morgan fingerprint density at radius 1 is 1.13 bits per heavy atom. The van der Waals surface area contributed by atoms with Gasteiger partial charge in [0.05, 0.1) is 5.92 Å². The molecule has 0 radical (unpaired) electrons. The molecule has 0 saturated heterocycles. The number of hydrogen-bond donors (Lipinski definition) is 1. The Morgan fingerprint density at radius 2 is 1.61 bits per heavy atom. The maximum absolute atomic E-state index is 12.1. The molecule has 0 spiro atoms. The maximum Gasteiger partial charge on any atom is 0.312 e. The first-order valence-electron chi connectivity index (χ1n) is 8.00. The number of carboxylic acids is 1. The van der Waals surface area contributed by atoms with Gasteiger partial charge in [0.15, 0.2) is 0 Å². The smallest absolute Gasteiger partial charge is 0.312 e. The van der Waals surface area contributed by atoms with Crippen LogP contribution in [0, 0.1) is 12.3 Å². The third kappa shape index (κ3) is 5.06. The highest BCUT2D eigenvalue weighted by atomic mass is 28.4. The summed E-state index contributed by atoms with van der Waals surface area (Å²) in [6, 6.07) is 9.34. The van der Waals surface area contributed by atoms with Gasteiger partial charge in [-0.05, 0) is 5.56 Å². The summed E-state index contributed by atoms with van der Waals surface area (Å²) in [6.45, 7) is 13.7. The van der Waals surface area contributed by atoms with Gasteiger partial charge >= 0.3 is 5.97 Å². The van der Waals surface area contributed by atoms with Gasteiger partial charge in [0.1, 0.15) is 16.5 Å². The molecule has 0 aromatic heterocycles. The van der Waals surface area contributed by atoms with E-state index >= 15 is 0 Å². The number of terminal acetylenes is 1. The molecule has 3 nitrogen and oxygen atoms in total. The predicted molar refractivity (Wildman–Crippen MR) is 103 cm³/mol. The molecular formula is C18H29NO2Si2. The third-order valence-corrected chi connectivity index (χ3v) is 11.5. The summed E-state index contributed by atoms with van der Waals surface area (Å²) in [5, 5.41) is 9.94. The number of carboxylic acid groups (broad SMARTS) is 1. The van der Waals surface area contributed by atoms with Gasteiger partial charge in [0.2, 0.25) is 0 Å². The van der Waals surface area contributed by atoms with Crippen molar-refractivity contribution < 1.29 is 9.90 Å². The van der Waals surface area contributed by atoms with Gasteiger partial charge in [-0.15, -0.1) is 12.3 Å². The van der Waals surface area contributed by atoms with E-state index in [1.807, 2.05) is 30.3 Å². The van der Waals surface area contributed by atoms with Crippen molar-refractivity contribution >= 4 is 22.4 Å². The Labute approximate surface area is 142 Å². The Morgan fingerprint density at radius 3 is 1.96 bits per heavy atom. The van der Waals surface area contributed by atoms with Crippen molar-refractivity contribution in [3.05, 3.63) is 35.9 Å². The van der Waals surface area contributed by atoms with E-state index in [1.165, 1.54) is 0 Å². The quantitative estimate of drug-likeness (QED) is 0.593. The van der Waals surface area contributed by atoms with Crippen molar-refractivity contribution in [3.8, 4) is 12.3 Å². The first-order valence-corrected chi connectivity index (χ1v) is 14.9. The highest BCUT2D eigenvalue weighted by Gasteiger charge is 2.44. The summed E-state index contributed by atoms with van der Waals surface area (Å²) >= 11 is 0. The van der Waals surface area contributed by atoms with Crippen molar-refractivity contribution in [1.29, 1.82) is 0 Å². The second-order valence-electron chi connectivity index (χ2n) is 7.91. The zero-order valence-electron chi connectivity index (χ0n) is 15.1. The van der Waals surface area contributed by atoms with Gasteiger partial charge in [-0.25, -0.2) is 0 Å². The number of rotatable bonds is 7. The molecule has 2 unspecified atom stereocenters. The van der Waals surface area contributed by atoms with Crippen LogP contribution in [0.25, 0.3) is 0 Å². The molecule has 0 fully saturated rings. The fourth-order valence-corrected chi connectivity index (χ4v) is 14.2. The van der Waals surface area contributed by atoms with E-state index in [0.29, 0.717) is 6.42 Å². The van der Waals surface area contributed by atoms with Gasteiger partial charge in [-0.3, -0.25) is 4.79 Å². The minimum atomic E-state index is -1.73. The van der Waals surface area contributed by atoms with Gasteiger partial charge < -0.3 is 9.34 Å². The third-order valence-electron chi connectivity index (χ3n) is 3.91.